The van der Waals surface area contributed by atoms with Gasteiger partial charge in [-0.15, -0.1) is 0 Å². The first-order valence-electron chi connectivity index (χ1n) is 22.0. The molecule has 1 aliphatic rings. The second-order valence-corrected chi connectivity index (χ2v) is 16.8. The van der Waals surface area contributed by atoms with Gasteiger partial charge in [-0.05, 0) is 106 Å². The molecule has 0 saturated carbocycles. The fraction of sp³-hybridized carbons (Fsp3) is 0.0164. The lowest BCUT2D eigenvalue weighted by Gasteiger charge is -2.35. The summed E-state index contributed by atoms with van der Waals surface area (Å²) < 4.78 is 8.78. The molecule has 0 radical (unpaired) electrons. The first-order valence-corrected chi connectivity index (χ1v) is 22.0. The zero-order chi connectivity index (χ0) is 42.2. The van der Waals surface area contributed by atoms with E-state index in [1.165, 1.54) is 60.8 Å². The highest BCUT2D eigenvalue weighted by Gasteiger charge is 2.46. The van der Waals surface area contributed by atoms with E-state index in [4.69, 9.17) is 4.42 Å². The molecule has 0 aliphatic heterocycles. The molecule has 300 valence electrons. The van der Waals surface area contributed by atoms with Crippen LogP contribution in [0.4, 0.5) is 17.1 Å². The molecule has 10 aromatic carbocycles. The topological polar surface area (TPSA) is 21.3 Å². The van der Waals surface area contributed by atoms with Gasteiger partial charge >= 0.3 is 0 Å². The first-order chi connectivity index (χ1) is 31.8. The minimum atomic E-state index is -0.527. The molecule has 0 spiro atoms. The van der Waals surface area contributed by atoms with Crippen molar-refractivity contribution in [1.82, 2.24) is 4.57 Å². The van der Waals surface area contributed by atoms with Gasteiger partial charge in [0.2, 0.25) is 0 Å². The quantitative estimate of drug-likeness (QED) is 0.160. The van der Waals surface area contributed by atoms with Gasteiger partial charge in [0.15, 0.2) is 0 Å². The molecule has 3 heteroatoms. The molecule has 12 aromatic rings. The Kier molecular flexibility index (Phi) is 8.13. The van der Waals surface area contributed by atoms with Crippen LogP contribution in [0.2, 0.25) is 0 Å². The van der Waals surface area contributed by atoms with Crippen LogP contribution in [-0.4, -0.2) is 4.57 Å². The molecule has 0 N–H and O–H groups in total. The summed E-state index contributed by atoms with van der Waals surface area (Å²) >= 11 is 0. The van der Waals surface area contributed by atoms with Gasteiger partial charge in [-0.3, -0.25) is 0 Å². The Morgan fingerprint density at radius 2 is 0.859 bits per heavy atom. The van der Waals surface area contributed by atoms with E-state index < -0.39 is 5.41 Å². The van der Waals surface area contributed by atoms with Crippen LogP contribution >= 0.6 is 0 Å². The lowest BCUT2D eigenvalue weighted by molar-refractivity contribution is 0.669. The zero-order valence-electron chi connectivity index (χ0n) is 34.9. The molecule has 0 fully saturated rings. The van der Waals surface area contributed by atoms with Crippen molar-refractivity contribution >= 4 is 60.8 Å². The van der Waals surface area contributed by atoms with Crippen LogP contribution in [0.1, 0.15) is 22.3 Å². The Labute approximate surface area is 371 Å². The molecular formula is C61H40N2O. The molecule has 0 unspecified atom stereocenters. The van der Waals surface area contributed by atoms with Crippen molar-refractivity contribution in [2.24, 2.45) is 0 Å². The molecular weight excluding hydrogens is 777 g/mol. The maximum Gasteiger partial charge on any atom is 0.135 e. The normalized spacial score (nSPS) is 12.8. The second-order valence-electron chi connectivity index (χ2n) is 16.8. The number of rotatable bonds is 7. The fourth-order valence-electron chi connectivity index (χ4n) is 10.8. The minimum Gasteiger partial charge on any atom is -0.456 e. The number of benzene rings is 10. The van der Waals surface area contributed by atoms with E-state index in [2.05, 4.69) is 240 Å². The van der Waals surface area contributed by atoms with E-state index in [-0.39, 0.29) is 0 Å². The Balaban J connectivity index is 1.02. The van der Waals surface area contributed by atoms with Gasteiger partial charge in [-0.2, -0.15) is 0 Å². The summed E-state index contributed by atoms with van der Waals surface area (Å²) in [6.45, 7) is 0. The summed E-state index contributed by atoms with van der Waals surface area (Å²) in [5.41, 5.74) is 17.8. The number of furan rings is 1. The van der Waals surface area contributed by atoms with Crippen LogP contribution in [-0.2, 0) is 5.41 Å². The summed E-state index contributed by atoms with van der Waals surface area (Å²) in [5, 5.41) is 4.70. The minimum absolute atomic E-state index is 0.527. The Hall–Kier alpha value is -8.40. The third kappa shape index (κ3) is 5.34. The van der Waals surface area contributed by atoms with E-state index in [9.17, 15) is 0 Å². The summed E-state index contributed by atoms with van der Waals surface area (Å²) in [5.74, 6) is 0. The van der Waals surface area contributed by atoms with Crippen molar-refractivity contribution in [3.63, 3.8) is 0 Å². The number of hydrogen-bond acceptors (Lipinski definition) is 2. The van der Waals surface area contributed by atoms with E-state index in [1.54, 1.807) is 0 Å². The largest absolute Gasteiger partial charge is 0.456 e. The molecule has 0 amide bonds. The fourth-order valence-corrected chi connectivity index (χ4v) is 10.8. The molecule has 0 saturated heterocycles. The predicted octanol–water partition coefficient (Wildman–Crippen LogP) is 16.2. The van der Waals surface area contributed by atoms with Gasteiger partial charge in [0, 0.05) is 44.2 Å². The molecule has 2 heterocycles. The number of hydrogen-bond donors (Lipinski definition) is 0. The molecule has 0 bridgehead atoms. The summed E-state index contributed by atoms with van der Waals surface area (Å²) in [4.78, 5) is 2.41. The predicted molar refractivity (Wildman–Crippen MR) is 265 cm³/mol. The van der Waals surface area contributed by atoms with Gasteiger partial charge in [0.05, 0.1) is 22.1 Å². The standard InChI is InChI=1S/C61H40N2O/c1-3-17-42(18-4-1)61(43-19-5-2-6-20-43)54-26-12-7-22-48(54)49-37-35-46(40-55(49)61)62(45-36-38-60-53(39-45)52-25-11-16-30-59(52)64-60)44-33-31-41(32-34-44)47-21-8-13-27-56(47)63-57-28-14-9-23-50(57)51-24-10-15-29-58(51)63/h1-40H. The molecule has 0 atom stereocenters. The van der Waals surface area contributed by atoms with Crippen molar-refractivity contribution in [2.45, 2.75) is 5.41 Å². The lowest BCUT2D eigenvalue weighted by Crippen LogP contribution is -2.28. The van der Waals surface area contributed by atoms with E-state index in [0.29, 0.717) is 0 Å². The lowest BCUT2D eigenvalue weighted by atomic mass is 9.67. The van der Waals surface area contributed by atoms with Crippen molar-refractivity contribution in [3.8, 4) is 27.9 Å². The number of anilines is 3. The van der Waals surface area contributed by atoms with Crippen molar-refractivity contribution in [1.29, 1.82) is 0 Å². The zero-order valence-corrected chi connectivity index (χ0v) is 34.9. The summed E-state index contributed by atoms with van der Waals surface area (Å²) in [7, 11) is 0. The van der Waals surface area contributed by atoms with Crippen LogP contribution in [0.3, 0.4) is 0 Å². The maximum absolute atomic E-state index is 6.36. The number of fused-ring (bicyclic) bond motifs is 9. The van der Waals surface area contributed by atoms with Crippen LogP contribution in [0.25, 0.3) is 71.7 Å². The third-order valence-corrected chi connectivity index (χ3v) is 13.5. The number of para-hydroxylation sites is 4. The first kappa shape index (κ1) is 36.3. The van der Waals surface area contributed by atoms with Crippen LogP contribution < -0.4 is 4.90 Å². The third-order valence-electron chi connectivity index (χ3n) is 13.5. The molecule has 2 aromatic heterocycles. The highest BCUT2D eigenvalue weighted by molar-refractivity contribution is 6.10. The maximum atomic E-state index is 6.36. The highest BCUT2D eigenvalue weighted by atomic mass is 16.3. The Morgan fingerprint density at radius 3 is 1.58 bits per heavy atom. The summed E-state index contributed by atoms with van der Waals surface area (Å²) in [6.07, 6.45) is 0. The van der Waals surface area contributed by atoms with E-state index in [0.717, 1.165) is 50.3 Å². The molecule has 3 nitrogen and oxygen atoms in total. The van der Waals surface area contributed by atoms with Gasteiger partial charge < -0.3 is 13.9 Å². The second kappa shape index (κ2) is 14.3. The van der Waals surface area contributed by atoms with Crippen molar-refractivity contribution < 1.29 is 4.42 Å². The average Bonchev–Trinajstić information content (AvgIpc) is 4.01. The molecule has 64 heavy (non-hydrogen) atoms. The van der Waals surface area contributed by atoms with Crippen LogP contribution in [0.15, 0.2) is 247 Å². The van der Waals surface area contributed by atoms with Gasteiger partial charge in [-0.1, -0.05) is 176 Å². The SMILES string of the molecule is c1ccc(C2(c3ccccc3)c3ccccc3-c3ccc(N(c4ccc(-c5ccccc5-n5c6ccccc6c6ccccc65)cc4)c4ccc5oc6ccccc6c5c4)cc32)cc1. The molecule has 13 rings (SSSR count). The van der Waals surface area contributed by atoms with E-state index >= 15 is 0 Å². The molecule has 1 aliphatic carbocycles. The van der Waals surface area contributed by atoms with Gasteiger partial charge in [0.1, 0.15) is 11.2 Å². The Bertz CT molecular complexity index is 3640. The van der Waals surface area contributed by atoms with Gasteiger partial charge in [-0.25, -0.2) is 0 Å². The van der Waals surface area contributed by atoms with Crippen LogP contribution in [0, 0.1) is 0 Å². The highest BCUT2D eigenvalue weighted by Crippen LogP contribution is 2.57. The number of nitrogens with zero attached hydrogens (tertiary/aromatic N) is 2. The smallest absolute Gasteiger partial charge is 0.135 e. The average molecular weight is 817 g/mol. The monoisotopic (exact) mass is 816 g/mol. The Morgan fingerprint density at radius 1 is 0.344 bits per heavy atom. The van der Waals surface area contributed by atoms with E-state index in [1.807, 2.05) is 12.1 Å². The van der Waals surface area contributed by atoms with Gasteiger partial charge in [0.25, 0.3) is 0 Å². The summed E-state index contributed by atoms with van der Waals surface area (Å²) in [6, 6.07) is 88.3. The number of aromatic nitrogens is 1. The van der Waals surface area contributed by atoms with Crippen LogP contribution in [0.5, 0.6) is 0 Å². The van der Waals surface area contributed by atoms with Crippen molar-refractivity contribution in [3.05, 3.63) is 265 Å². The van der Waals surface area contributed by atoms with Crippen molar-refractivity contribution in [2.75, 3.05) is 4.90 Å².